The summed E-state index contributed by atoms with van der Waals surface area (Å²) in [6.07, 6.45) is 2.75. The molecule has 0 atom stereocenters. The van der Waals surface area contributed by atoms with Gasteiger partial charge in [0.05, 0.1) is 12.7 Å². The average molecular weight is 389 g/mol. The first-order valence-electron chi connectivity index (χ1n) is 8.87. The number of carbonyl (C=O) groups is 3. The SMILES string of the molecule is COC(=O)c1ccc(/C=C/C(=O)OCC(=O)Nc2ccc3ccccc3c2)cc1. The Balaban J connectivity index is 1.49. The molecule has 0 fully saturated rings. The maximum Gasteiger partial charge on any atom is 0.337 e. The molecule has 1 N–H and O–H groups in total. The van der Waals surface area contributed by atoms with Gasteiger partial charge in [0.1, 0.15) is 0 Å². The molecule has 0 heterocycles. The highest BCUT2D eigenvalue weighted by atomic mass is 16.5. The third-order valence-electron chi connectivity index (χ3n) is 4.12. The summed E-state index contributed by atoms with van der Waals surface area (Å²) in [5.41, 5.74) is 1.75. The van der Waals surface area contributed by atoms with Crippen LogP contribution in [-0.2, 0) is 19.1 Å². The van der Waals surface area contributed by atoms with Gasteiger partial charge in [-0.3, -0.25) is 4.79 Å². The lowest BCUT2D eigenvalue weighted by Gasteiger charge is -2.06. The third-order valence-corrected chi connectivity index (χ3v) is 4.12. The van der Waals surface area contributed by atoms with Crippen LogP contribution < -0.4 is 5.32 Å². The molecule has 3 aromatic carbocycles. The normalized spacial score (nSPS) is 10.7. The lowest BCUT2D eigenvalue weighted by molar-refractivity contribution is -0.142. The number of rotatable bonds is 6. The highest BCUT2D eigenvalue weighted by Gasteiger charge is 2.07. The van der Waals surface area contributed by atoms with Crippen molar-refractivity contribution >= 4 is 40.4 Å². The number of hydrogen-bond acceptors (Lipinski definition) is 5. The van der Waals surface area contributed by atoms with Crippen LogP contribution in [0.1, 0.15) is 15.9 Å². The molecule has 3 aromatic rings. The number of amides is 1. The molecule has 0 aliphatic rings. The third kappa shape index (κ3) is 5.52. The van der Waals surface area contributed by atoms with Gasteiger partial charge < -0.3 is 14.8 Å². The molecule has 146 valence electrons. The van der Waals surface area contributed by atoms with Crippen molar-refractivity contribution in [3.05, 3.63) is 83.9 Å². The van der Waals surface area contributed by atoms with Crippen LogP contribution in [0.25, 0.3) is 16.8 Å². The number of anilines is 1. The van der Waals surface area contributed by atoms with Crippen molar-refractivity contribution in [2.24, 2.45) is 0 Å². The Morgan fingerprint density at radius 3 is 2.38 bits per heavy atom. The van der Waals surface area contributed by atoms with Crippen molar-refractivity contribution < 1.29 is 23.9 Å². The van der Waals surface area contributed by atoms with E-state index >= 15 is 0 Å². The Morgan fingerprint density at radius 1 is 0.931 bits per heavy atom. The van der Waals surface area contributed by atoms with Crippen molar-refractivity contribution in [1.29, 1.82) is 0 Å². The standard InChI is InChI=1S/C23H19NO5/c1-28-23(27)18-9-6-16(7-10-18)8-13-22(26)29-15-21(25)24-20-12-11-17-4-2-3-5-19(17)14-20/h2-14H,15H2,1H3,(H,24,25)/b13-8+. The largest absolute Gasteiger partial charge is 0.465 e. The van der Waals surface area contributed by atoms with Crippen LogP contribution >= 0.6 is 0 Å². The molecule has 0 saturated carbocycles. The number of benzene rings is 3. The summed E-state index contributed by atoms with van der Waals surface area (Å²) in [4.78, 5) is 35.2. The van der Waals surface area contributed by atoms with Crippen molar-refractivity contribution in [1.82, 2.24) is 0 Å². The Hall–Kier alpha value is -3.93. The van der Waals surface area contributed by atoms with Gasteiger partial charge in [0, 0.05) is 11.8 Å². The first kappa shape index (κ1) is 19.8. The fourth-order valence-electron chi connectivity index (χ4n) is 2.66. The summed E-state index contributed by atoms with van der Waals surface area (Å²) in [5, 5.41) is 4.78. The number of fused-ring (bicyclic) bond motifs is 1. The molecule has 6 nitrogen and oxygen atoms in total. The number of carbonyl (C=O) groups excluding carboxylic acids is 3. The van der Waals surface area contributed by atoms with Gasteiger partial charge in [0.2, 0.25) is 0 Å². The molecule has 29 heavy (non-hydrogen) atoms. The molecule has 1 amide bonds. The van der Waals surface area contributed by atoms with Gasteiger partial charge in [-0.1, -0.05) is 42.5 Å². The minimum atomic E-state index is -0.643. The molecule has 0 bridgehead atoms. The van der Waals surface area contributed by atoms with E-state index in [4.69, 9.17) is 4.74 Å². The van der Waals surface area contributed by atoms with E-state index in [0.717, 1.165) is 10.8 Å². The molecule has 0 radical (unpaired) electrons. The van der Waals surface area contributed by atoms with Gasteiger partial charge >= 0.3 is 11.9 Å². The number of nitrogens with one attached hydrogen (secondary N) is 1. The zero-order valence-corrected chi connectivity index (χ0v) is 15.8. The second-order valence-electron chi connectivity index (χ2n) is 6.16. The predicted octanol–water partition coefficient (Wildman–Crippen LogP) is 3.82. The van der Waals surface area contributed by atoms with Gasteiger partial charge in [-0.2, -0.15) is 0 Å². The topological polar surface area (TPSA) is 81.7 Å². The number of esters is 2. The molecular weight excluding hydrogens is 370 g/mol. The van der Waals surface area contributed by atoms with Crippen LogP contribution in [0.2, 0.25) is 0 Å². The van der Waals surface area contributed by atoms with E-state index in [0.29, 0.717) is 16.8 Å². The average Bonchev–Trinajstić information content (AvgIpc) is 2.76. The van der Waals surface area contributed by atoms with Crippen molar-refractivity contribution in [2.75, 3.05) is 19.0 Å². The lowest BCUT2D eigenvalue weighted by Crippen LogP contribution is -2.20. The quantitative estimate of drug-likeness (QED) is 0.512. The fourth-order valence-corrected chi connectivity index (χ4v) is 2.66. The Bertz CT molecular complexity index is 1070. The number of ether oxygens (including phenoxy) is 2. The second kappa shape index (κ2) is 9.32. The van der Waals surface area contributed by atoms with Gasteiger partial charge in [-0.15, -0.1) is 0 Å². The molecule has 0 unspecified atom stereocenters. The first-order chi connectivity index (χ1) is 14.0. The molecule has 6 heteroatoms. The van der Waals surface area contributed by atoms with Crippen molar-refractivity contribution in [2.45, 2.75) is 0 Å². The maximum absolute atomic E-state index is 12.0. The van der Waals surface area contributed by atoms with Gasteiger partial charge in [0.15, 0.2) is 6.61 Å². The zero-order valence-electron chi connectivity index (χ0n) is 15.8. The summed E-state index contributed by atoms with van der Waals surface area (Å²) in [6, 6.07) is 19.9. The van der Waals surface area contributed by atoms with Crippen LogP contribution in [0.5, 0.6) is 0 Å². The lowest BCUT2D eigenvalue weighted by atomic mass is 10.1. The van der Waals surface area contributed by atoms with Crippen LogP contribution in [0, 0.1) is 0 Å². The minimum Gasteiger partial charge on any atom is -0.465 e. The van der Waals surface area contributed by atoms with Crippen molar-refractivity contribution in [3.63, 3.8) is 0 Å². The molecule has 3 rings (SSSR count). The molecular formula is C23H19NO5. The summed E-state index contributed by atoms with van der Waals surface area (Å²) >= 11 is 0. The first-order valence-corrected chi connectivity index (χ1v) is 8.87. The van der Waals surface area contributed by atoms with E-state index < -0.39 is 24.5 Å². The Morgan fingerprint density at radius 2 is 1.66 bits per heavy atom. The zero-order chi connectivity index (χ0) is 20.6. The van der Waals surface area contributed by atoms with Crippen LogP contribution in [0.15, 0.2) is 72.8 Å². The van der Waals surface area contributed by atoms with Gasteiger partial charge in [0.25, 0.3) is 5.91 Å². The van der Waals surface area contributed by atoms with Gasteiger partial charge in [-0.25, -0.2) is 9.59 Å². The van der Waals surface area contributed by atoms with E-state index in [1.807, 2.05) is 36.4 Å². The van der Waals surface area contributed by atoms with E-state index in [1.54, 1.807) is 30.3 Å². The van der Waals surface area contributed by atoms with E-state index in [1.165, 1.54) is 19.3 Å². The van der Waals surface area contributed by atoms with E-state index in [2.05, 4.69) is 10.1 Å². The Labute approximate surface area is 167 Å². The van der Waals surface area contributed by atoms with E-state index in [-0.39, 0.29) is 0 Å². The molecule has 0 saturated heterocycles. The van der Waals surface area contributed by atoms with Gasteiger partial charge in [-0.05, 0) is 46.7 Å². The minimum absolute atomic E-state index is 0.392. The van der Waals surface area contributed by atoms with E-state index in [9.17, 15) is 14.4 Å². The summed E-state index contributed by atoms with van der Waals surface area (Å²) in [5.74, 6) is -1.50. The van der Waals surface area contributed by atoms with Crippen LogP contribution in [-0.4, -0.2) is 31.6 Å². The monoisotopic (exact) mass is 389 g/mol. The van der Waals surface area contributed by atoms with Crippen molar-refractivity contribution in [3.8, 4) is 0 Å². The fraction of sp³-hybridized carbons (Fsp3) is 0.0870. The maximum atomic E-state index is 12.0. The highest BCUT2D eigenvalue weighted by Crippen LogP contribution is 2.18. The molecule has 0 aliphatic heterocycles. The van der Waals surface area contributed by atoms with Crippen LogP contribution in [0.3, 0.4) is 0 Å². The smallest absolute Gasteiger partial charge is 0.337 e. The molecule has 0 aliphatic carbocycles. The molecule has 0 spiro atoms. The summed E-state index contributed by atoms with van der Waals surface area (Å²) in [6.45, 7) is -0.392. The van der Waals surface area contributed by atoms with Crippen LogP contribution in [0.4, 0.5) is 5.69 Å². The number of hydrogen-bond donors (Lipinski definition) is 1. The summed E-state index contributed by atoms with van der Waals surface area (Å²) in [7, 11) is 1.31. The predicted molar refractivity (Wildman–Crippen MR) is 110 cm³/mol. The number of methoxy groups -OCH3 is 1. The highest BCUT2D eigenvalue weighted by molar-refractivity contribution is 5.97. The molecule has 0 aromatic heterocycles. The summed E-state index contributed by atoms with van der Waals surface area (Å²) < 4.78 is 9.58. The second-order valence-corrected chi connectivity index (χ2v) is 6.16. The Kier molecular flexibility index (Phi) is 6.37.